The fraction of sp³-hybridized carbons (Fsp3) is 0.0769. The molecule has 0 aromatic heterocycles. The van der Waals surface area contributed by atoms with E-state index in [1.807, 2.05) is 0 Å². The first-order valence-electron chi connectivity index (χ1n) is 5.55. The quantitative estimate of drug-likeness (QED) is 0.926. The van der Waals surface area contributed by atoms with Gasteiger partial charge in [0.25, 0.3) is 10.0 Å². The zero-order valence-corrected chi connectivity index (χ0v) is 12.8. The molecule has 0 saturated carbocycles. The van der Waals surface area contributed by atoms with Gasteiger partial charge >= 0.3 is 0 Å². The summed E-state index contributed by atoms with van der Waals surface area (Å²) in [5.74, 6) is 0.544. The summed E-state index contributed by atoms with van der Waals surface area (Å²) in [4.78, 5) is -0.0745. The number of hydrogen-bond acceptors (Lipinski definition) is 3. The molecule has 4 nitrogen and oxygen atoms in total. The molecular formula is C13H11Cl2NO3S. The number of anilines is 1. The van der Waals surface area contributed by atoms with Crippen molar-refractivity contribution in [2.45, 2.75) is 4.90 Å². The third-order valence-electron chi connectivity index (χ3n) is 2.53. The SMILES string of the molecule is COc1cccc(NS(=O)(=O)c2cccc(Cl)c2Cl)c1. The van der Waals surface area contributed by atoms with Crippen LogP contribution in [0.25, 0.3) is 0 Å². The molecule has 0 radical (unpaired) electrons. The highest BCUT2D eigenvalue weighted by atomic mass is 35.5. The Hall–Kier alpha value is -1.43. The van der Waals surface area contributed by atoms with Crippen molar-refractivity contribution in [3.63, 3.8) is 0 Å². The van der Waals surface area contributed by atoms with Crippen LogP contribution >= 0.6 is 23.2 Å². The number of methoxy groups -OCH3 is 1. The first-order valence-corrected chi connectivity index (χ1v) is 7.79. The van der Waals surface area contributed by atoms with Crippen LogP contribution in [0.1, 0.15) is 0 Å². The van der Waals surface area contributed by atoms with E-state index in [0.717, 1.165) is 0 Å². The number of hydrogen-bond donors (Lipinski definition) is 1. The summed E-state index contributed by atoms with van der Waals surface area (Å²) in [6, 6.07) is 11.0. The molecule has 2 aromatic rings. The van der Waals surface area contributed by atoms with Gasteiger partial charge in [-0.2, -0.15) is 0 Å². The van der Waals surface area contributed by atoms with Crippen LogP contribution in [0.2, 0.25) is 10.0 Å². The smallest absolute Gasteiger partial charge is 0.263 e. The average Bonchev–Trinajstić information content (AvgIpc) is 2.41. The highest BCUT2D eigenvalue weighted by Crippen LogP contribution is 2.30. The van der Waals surface area contributed by atoms with Crippen LogP contribution < -0.4 is 9.46 Å². The van der Waals surface area contributed by atoms with Gasteiger partial charge < -0.3 is 4.74 Å². The Bertz CT molecular complexity index is 732. The van der Waals surface area contributed by atoms with Gasteiger partial charge in [0.1, 0.15) is 10.6 Å². The van der Waals surface area contributed by atoms with Gasteiger partial charge in [0.15, 0.2) is 0 Å². The van der Waals surface area contributed by atoms with Crippen molar-refractivity contribution in [1.29, 1.82) is 0 Å². The summed E-state index contributed by atoms with van der Waals surface area (Å²) >= 11 is 11.8. The highest BCUT2D eigenvalue weighted by molar-refractivity contribution is 7.92. The molecule has 20 heavy (non-hydrogen) atoms. The number of sulfonamides is 1. The van der Waals surface area contributed by atoms with E-state index in [4.69, 9.17) is 27.9 Å². The molecule has 0 saturated heterocycles. The van der Waals surface area contributed by atoms with E-state index in [9.17, 15) is 8.42 Å². The maximum absolute atomic E-state index is 12.3. The second-order valence-corrected chi connectivity index (χ2v) is 6.33. The molecular weight excluding hydrogens is 321 g/mol. The van der Waals surface area contributed by atoms with Crippen LogP contribution in [0.3, 0.4) is 0 Å². The molecule has 1 N–H and O–H groups in total. The lowest BCUT2D eigenvalue weighted by molar-refractivity contribution is 0.415. The molecule has 0 unspecified atom stereocenters. The van der Waals surface area contributed by atoms with Crippen molar-refractivity contribution in [3.05, 3.63) is 52.5 Å². The molecule has 0 atom stereocenters. The first kappa shape index (κ1) is 15.0. The Kier molecular flexibility index (Phi) is 4.42. The Balaban J connectivity index is 2.38. The van der Waals surface area contributed by atoms with E-state index in [-0.39, 0.29) is 14.9 Å². The maximum atomic E-state index is 12.3. The van der Waals surface area contributed by atoms with Crippen LogP contribution in [0, 0.1) is 0 Å². The lowest BCUT2D eigenvalue weighted by Crippen LogP contribution is -2.13. The maximum Gasteiger partial charge on any atom is 0.263 e. The minimum Gasteiger partial charge on any atom is -0.497 e. The van der Waals surface area contributed by atoms with Gasteiger partial charge in [-0.05, 0) is 24.3 Å². The van der Waals surface area contributed by atoms with Crippen LogP contribution in [0.4, 0.5) is 5.69 Å². The molecule has 106 valence electrons. The van der Waals surface area contributed by atoms with Crippen molar-refractivity contribution in [3.8, 4) is 5.75 Å². The van der Waals surface area contributed by atoms with Crippen LogP contribution in [-0.2, 0) is 10.0 Å². The Morgan fingerprint density at radius 2 is 1.80 bits per heavy atom. The third kappa shape index (κ3) is 3.17. The van der Waals surface area contributed by atoms with E-state index in [2.05, 4.69) is 4.72 Å². The normalized spacial score (nSPS) is 11.2. The summed E-state index contributed by atoms with van der Waals surface area (Å²) in [7, 11) is -2.31. The Labute approximate surface area is 127 Å². The van der Waals surface area contributed by atoms with E-state index < -0.39 is 10.0 Å². The topological polar surface area (TPSA) is 55.4 Å². The molecule has 0 aliphatic heterocycles. The standard InChI is InChI=1S/C13H11Cl2NO3S/c1-19-10-5-2-4-9(8-10)16-20(17,18)12-7-3-6-11(14)13(12)15/h2-8,16H,1H3. The van der Waals surface area contributed by atoms with E-state index in [1.165, 1.54) is 25.3 Å². The molecule has 0 spiro atoms. The third-order valence-corrected chi connectivity index (χ3v) is 4.88. The summed E-state index contributed by atoms with van der Waals surface area (Å²) in [6.07, 6.45) is 0. The van der Waals surface area contributed by atoms with E-state index in [0.29, 0.717) is 11.4 Å². The molecule has 2 rings (SSSR count). The number of rotatable bonds is 4. The van der Waals surface area contributed by atoms with Gasteiger partial charge in [-0.25, -0.2) is 8.42 Å². The fourth-order valence-electron chi connectivity index (χ4n) is 1.59. The summed E-state index contributed by atoms with van der Waals surface area (Å²) < 4.78 is 32.0. The van der Waals surface area contributed by atoms with Gasteiger partial charge in [0.2, 0.25) is 0 Å². The Morgan fingerprint density at radius 3 is 2.50 bits per heavy atom. The Morgan fingerprint density at radius 1 is 1.10 bits per heavy atom. The van der Waals surface area contributed by atoms with E-state index in [1.54, 1.807) is 24.3 Å². The summed E-state index contributed by atoms with van der Waals surface area (Å²) in [6.45, 7) is 0. The fourth-order valence-corrected chi connectivity index (χ4v) is 3.40. The van der Waals surface area contributed by atoms with E-state index >= 15 is 0 Å². The molecule has 0 aliphatic carbocycles. The van der Waals surface area contributed by atoms with Gasteiger partial charge in [-0.3, -0.25) is 4.72 Å². The zero-order valence-electron chi connectivity index (χ0n) is 10.4. The van der Waals surface area contributed by atoms with Gasteiger partial charge in [-0.15, -0.1) is 0 Å². The molecule has 7 heteroatoms. The van der Waals surface area contributed by atoms with Crippen LogP contribution in [-0.4, -0.2) is 15.5 Å². The molecule has 0 amide bonds. The predicted molar refractivity (Wildman–Crippen MR) is 80.3 cm³/mol. The van der Waals surface area contributed by atoms with Crippen molar-refractivity contribution >= 4 is 38.9 Å². The molecule has 0 heterocycles. The van der Waals surface area contributed by atoms with Gasteiger partial charge in [-0.1, -0.05) is 35.3 Å². The molecule has 0 fully saturated rings. The van der Waals surface area contributed by atoms with Crippen molar-refractivity contribution < 1.29 is 13.2 Å². The second-order valence-electron chi connectivity index (χ2n) is 3.89. The zero-order chi connectivity index (χ0) is 14.8. The summed E-state index contributed by atoms with van der Waals surface area (Å²) in [5.41, 5.74) is 0.375. The largest absolute Gasteiger partial charge is 0.497 e. The lowest BCUT2D eigenvalue weighted by Gasteiger charge is -2.11. The van der Waals surface area contributed by atoms with Crippen molar-refractivity contribution in [2.75, 3.05) is 11.8 Å². The van der Waals surface area contributed by atoms with Crippen molar-refractivity contribution in [1.82, 2.24) is 0 Å². The van der Waals surface area contributed by atoms with Crippen LogP contribution in [0.15, 0.2) is 47.4 Å². The molecule has 0 bridgehead atoms. The predicted octanol–water partition coefficient (Wildman–Crippen LogP) is 3.80. The van der Waals surface area contributed by atoms with Gasteiger partial charge in [0.05, 0.1) is 22.8 Å². The minimum atomic E-state index is -3.81. The number of ether oxygens (including phenoxy) is 1. The van der Waals surface area contributed by atoms with Crippen molar-refractivity contribution in [2.24, 2.45) is 0 Å². The monoisotopic (exact) mass is 331 g/mol. The lowest BCUT2D eigenvalue weighted by atomic mass is 10.3. The molecule has 0 aliphatic rings. The first-order chi connectivity index (χ1) is 9.44. The number of nitrogens with one attached hydrogen (secondary N) is 1. The van der Waals surface area contributed by atoms with Crippen LogP contribution in [0.5, 0.6) is 5.75 Å². The number of benzene rings is 2. The highest BCUT2D eigenvalue weighted by Gasteiger charge is 2.19. The molecule has 2 aromatic carbocycles. The average molecular weight is 332 g/mol. The van der Waals surface area contributed by atoms with Gasteiger partial charge in [0, 0.05) is 6.07 Å². The summed E-state index contributed by atoms with van der Waals surface area (Å²) in [5, 5.41) is 0.171. The minimum absolute atomic E-state index is 0.00966. The number of halogens is 2. The second kappa shape index (κ2) is 5.91.